The zero-order chi connectivity index (χ0) is 13.0. The summed E-state index contributed by atoms with van der Waals surface area (Å²) < 4.78 is 18.7. The zero-order valence-electron chi connectivity index (χ0n) is 10.3. The summed E-state index contributed by atoms with van der Waals surface area (Å²) in [6.07, 6.45) is 6.27. The smallest absolute Gasteiger partial charge is 0.340 e. The second kappa shape index (κ2) is 5.85. The van der Waals surface area contributed by atoms with E-state index in [9.17, 15) is 9.18 Å². The molecule has 1 saturated carbocycles. The third kappa shape index (κ3) is 3.00. The molecule has 2 N–H and O–H groups in total. The summed E-state index contributed by atoms with van der Waals surface area (Å²) in [4.78, 5) is 11.9. The van der Waals surface area contributed by atoms with Crippen LogP contribution >= 0.6 is 0 Å². The fraction of sp³-hybridized carbons (Fsp3) is 0.500. The third-order valence-corrected chi connectivity index (χ3v) is 3.35. The minimum Gasteiger partial charge on any atom is -0.459 e. The summed E-state index contributed by atoms with van der Waals surface area (Å²) in [6.45, 7) is 0. The molecule has 0 spiro atoms. The van der Waals surface area contributed by atoms with Crippen molar-refractivity contribution >= 4 is 11.7 Å². The maximum Gasteiger partial charge on any atom is 0.340 e. The van der Waals surface area contributed by atoms with Gasteiger partial charge in [0.25, 0.3) is 0 Å². The Hall–Kier alpha value is -1.58. The van der Waals surface area contributed by atoms with Crippen LogP contribution in [0.2, 0.25) is 0 Å². The average molecular weight is 251 g/mol. The molecule has 0 unspecified atom stereocenters. The van der Waals surface area contributed by atoms with E-state index in [0.717, 1.165) is 25.7 Å². The molecule has 1 aromatic rings. The number of esters is 1. The minimum atomic E-state index is -0.578. The van der Waals surface area contributed by atoms with Crippen LogP contribution in [0.15, 0.2) is 18.2 Å². The number of carbonyl (C=O) groups is 1. The van der Waals surface area contributed by atoms with Gasteiger partial charge in [-0.3, -0.25) is 0 Å². The second-order valence-corrected chi connectivity index (χ2v) is 4.72. The summed E-state index contributed by atoms with van der Waals surface area (Å²) in [5.74, 6) is -1.09. The Balaban J connectivity index is 2.04. The van der Waals surface area contributed by atoms with E-state index < -0.39 is 11.8 Å². The van der Waals surface area contributed by atoms with Crippen molar-refractivity contribution in [3.63, 3.8) is 0 Å². The summed E-state index contributed by atoms with van der Waals surface area (Å²) in [5.41, 5.74) is 5.54. The van der Waals surface area contributed by atoms with Crippen LogP contribution in [0.1, 0.15) is 48.9 Å². The fourth-order valence-electron chi connectivity index (χ4n) is 2.29. The lowest BCUT2D eigenvalue weighted by atomic mass is 10.1. The molecule has 0 bridgehead atoms. The molecule has 0 saturated heterocycles. The van der Waals surface area contributed by atoms with Crippen molar-refractivity contribution in [1.82, 2.24) is 0 Å². The van der Waals surface area contributed by atoms with Crippen LogP contribution in [-0.2, 0) is 4.74 Å². The Morgan fingerprint density at radius 2 is 1.89 bits per heavy atom. The molecule has 0 aliphatic heterocycles. The Kier molecular flexibility index (Phi) is 4.18. The molecular formula is C14H18FNO2. The lowest BCUT2D eigenvalue weighted by Gasteiger charge is -2.16. The Labute approximate surface area is 106 Å². The first-order valence-electron chi connectivity index (χ1n) is 6.43. The predicted octanol–water partition coefficient (Wildman–Crippen LogP) is 3.29. The first-order valence-corrected chi connectivity index (χ1v) is 6.43. The number of rotatable bonds is 2. The molecule has 98 valence electrons. The van der Waals surface area contributed by atoms with E-state index in [1.54, 1.807) is 0 Å². The van der Waals surface area contributed by atoms with Crippen LogP contribution in [0.25, 0.3) is 0 Å². The van der Waals surface area contributed by atoms with E-state index in [-0.39, 0.29) is 17.4 Å². The number of ether oxygens (including phenoxy) is 1. The number of nitrogens with two attached hydrogens (primary N) is 1. The topological polar surface area (TPSA) is 52.3 Å². The van der Waals surface area contributed by atoms with E-state index in [4.69, 9.17) is 10.5 Å². The SMILES string of the molecule is Nc1c(F)cccc1C(=O)OC1CCCCCC1. The molecule has 0 radical (unpaired) electrons. The Bertz CT molecular complexity index is 426. The Morgan fingerprint density at radius 3 is 2.56 bits per heavy atom. The number of carbonyl (C=O) groups excluding carboxylic acids is 1. The summed E-state index contributed by atoms with van der Waals surface area (Å²) in [5, 5.41) is 0. The van der Waals surface area contributed by atoms with E-state index in [0.29, 0.717) is 0 Å². The maximum atomic E-state index is 13.3. The number of para-hydroxylation sites is 1. The highest BCUT2D eigenvalue weighted by atomic mass is 19.1. The van der Waals surface area contributed by atoms with Crippen molar-refractivity contribution in [1.29, 1.82) is 0 Å². The number of hydrogen-bond acceptors (Lipinski definition) is 3. The molecule has 1 aliphatic carbocycles. The van der Waals surface area contributed by atoms with Crippen molar-refractivity contribution < 1.29 is 13.9 Å². The molecule has 18 heavy (non-hydrogen) atoms. The molecular weight excluding hydrogens is 233 g/mol. The molecule has 2 rings (SSSR count). The minimum absolute atomic E-state index is 0.0531. The number of hydrogen-bond donors (Lipinski definition) is 1. The van der Waals surface area contributed by atoms with Gasteiger partial charge in [-0.25, -0.2) is 9.18 Å². The van der Waals surface area contributed by atoms with Gasteiger partial charge in [0.1, 0.15) is 11.9 Å². The summed E-state index contributed by atoms with van der Waals surface area (Å²) in [6, 6.07) is 4.20. The van der Waals surface area contributed by atoms with Gasteiger partial charge >= 0.3 is 5.97 Å². The second-order valence-electron chi connectivity index (χ2n) is 4.72. The van der Waals surface area contributed by atoms with Crippen LogP contribution < -0.4 is 5.73 Å². The van der Waals surface area contributed by atoms with Crippen LogP contribution in [0, 0.1) is 5.82 Å². The van der Waals surface area contributed by atoms with Crippen LogP contribution in [-0.4, -0.2) is 12.1 Å². The first kappa shape index (κ1) is 12.9. The lowest BCUT2D eigenvalue weighted by Crippen LogP contribution is -2.18. The molecule has 0 atom stereocenters. The van der Waals surface area contributed by atoms with Crippen molar-refractivity contribution in [2.45, 2.75) is 44.6 Å². The number of benzene rings is 1. The standard InChI is InChI=1S/C14H18FNO2/c15-12-9-5-8-11(13(12)16)14(17)18-10-6-3-1-2-4-7-10/h5,8-10H,1-4,6-7,16H2. The lowest BCUT2D eigenvalue weighted by molar-refractivity contribution is 0.0268. The van der Waals surface area contributed by atoms with E-state index >= 15 is 0 Å². The molecule has 4 heteroatoms. The van der Waals surface area contributed by atoms with Crippen LogP contribution in [0.4, 0.5) is 10.1 Å². The largest absolute Gasteiger partial charge is 0.459 e. The highest BCUT2D eigenvalue weighted by Gasteiger charge is 2.20. The quantitative estimate of drug-likeness (QED) is 0.498. The molecule has 0 amide bonds. The van der Waals surface area contributed by atoms with E-state index in [1.165, 1.54) is 31.0 Å². The van der Waals surface area contributed by atoms with E-state index in [2.05, 4.69) is 0 Å². The highest BCUT2D eigenvalue weighted by molar-refractivity contribution is 5.95. The zero-order valence-corrected chi connectivity index (χ0v) is 10.3. The molecule has 1 aromatic carbocycles. The van der Waals surface area contributed by atoms with Gasteiger partial charge in [-0.15, -0.1) is 0 Å². The third-order valence-electron chi connectivity index (χ3n) is 3.35. The summed E-state index contributed by atoms with van der Waals surface area (Å²) in [7, 11) is 0. The van der Waals surface area contributed by atoms with Gasteiger partial charge in [-0.1, -0.05) is 18.9 Å². The van der Waals surface area contributed by atoms with Gasteiger partial charge < -0.3 is 10.5 Å². The average Bonchev–Trinajstić information content (AvgIpc) is 2.61. The molecule has 0 heterocycles. The predicted molar refractivity (Wildman–Crippen MR) is 67.7 cm³/mol. The number of nitrogen functional groups attached to an aromatic ring is 1. The van der Waals surface area contributed by atoms with Gasteiger partial charge in [-0.2, -0.15) is 0 Å². The summed E-state index contributed by atoms with van der Waals surface area (Å²) >= 11 is 0. The maximum absolute atomic E-state index is 13.3. The van der Waals surface area contributed by atoms with Crippen molar-refractivity contribution in [3.8, 4) is 0 Å². The Morgan fingerprint density at radius 1 is 1.22 bits per heavy atom. The van der Waals surface area contributed by atoms with Crippen molar-refractivity contribution in [2.75, 3.05) is 5.73 Å². The highest BCUT2D eigenvalue weighted by Crippen LogP contribution is 2.23. The fourth-order valence-corrected chi connectivity index (χ4v) is 2.29. The normalized spacial score (nSPS) is 17.2. The molecule has 3 nitrogen and oxygen atoms in total. The van der Waals surface area contributed by atoms with Crippen molar-refractivity contribution in [2.24, 2.45) is 0 Å². The first-order chi connectivity index (χ1) is 8.68. The van der Waals surface area contributed by atoms with Gasteiger partial charge in [-0.05, 0) is 37.8 Å². The molecule has 0 aromatic heterocycles. The van der Waals surface area contributed by atoms with Gasteiger partial charge in [0.05, 0.1) is 11.3 Å². The van der Waals surface area contributed by atoms with Crippen LogP contribution in [0.3, 0.4) is 0 Å². The van der Waals surface area contributed by atoms with Crippen molar-refractivity contribution in [3.05, 3.63) is 29.6 Å². The number of halogens is 1. The van der Waals surface area contributed by atoms with Gasteiger partial charge in [0, 0.05) is 0 Å². The monoisotopic (exact) mass is 251 g/mol. The van der Waals surface area contributed by atoms with Gasteiger partial charge in [0.2, 0.25) is 0 Å². The molecule has 1 aliphatic rings. The van der Waals surface area contributed by atoms with Crippen LogP contribution in [0.5, 0.6) is 0 Å². The molecule has 1 fully saturated rings. The number of anilines is 1. The van der Waals surface area contributed by atoms with Gasteiger partial charge in [0.15, 0.2) is 0 Å². The van der Waals surface area contributed by atoms with E-state index in [1.807, 2.05) is 0 Å².